The highest BCUT2D eigenvalue weighted by atomic mass is 14.7. The lowest BCUT2D eigenvalue weighted by Crippen LogP contribution is -2.09. The maximum absolute atomic E-state index is 4.70. The maximum Gasteiger partial charge on any atom is 0.0644 e. The van der Waals surface area contributed by atoms with Gasteiger partial charge in [0.05, 0.1) is 12.3 Å². The van der Waals surface area contributed by atoms with Gasteiger partial charge >= 0.3 is 0 Å². The van der Waals surface area contributed by atoms with Gasteiger partial charge in [0.15, 0.2) is 0 Å². The smallest absolute Gasteiger partial charge is 0.0644 e. The third kappa shape index (κ3) is 5.83. The quantitative estimate of drug-likeness (QED) is 0.495. The van der Waals surface area contributed by atoms with Crippen LogP contribution in [0.15, 0.2) is 72.3 Å². The lowest BCUT2D eigenvalue weighted by atomic mass is 9.87. The van der Waals surface area contributed by atoms with Gasteiger partial charge in [0.1, 0.15) is 0 Å². The number of aliphatic imine (C=N–C) groups is 1. The molecule has 0 saturated carbocycles. The van der Waals surface area contributed by atoms with E-state index in [4.69, 9.17) is 4.99 Å². The van der Waals surface area contributed by atoms with Crippen molar-refractivity contribution >= 4 is 5.71 Å². The minimum Gasteiger partial charge on any atom is -0.280 e. The first-order chi connectivity index (χ1) is 9.46. The summed E-state index contributed by atoms with van der Waals surface area (Å²) in [4.78, 5) is 4.70. The lowest BCUT2D eigenvalue weighted by Gasteiger charge is -2.19. The number of allylic oxidation sites excluding steroid dienone is 3. The molecule has 0 aliphatic carbocycles. The largest absolute Gasteiger partial charge is 0.280 e. The number of hydrogen-bond donors (Lipinski definition) is 0. The Bertz CT molecular complexity index is 498. The molecule has 0 fully saturated rings. The summed E-state index contributed by atoms with van der Waals surface area (Å²) >= 11 is 0. The van der Waals surface area contributed by atoms with Crippen molar-refractivity contribution in [1.29, 1.82) is 0 Å². The van der Waals surface area contributed by atoms with Crippen LogP contribution >= 0.6 is 0 Å². The Labute approximate surface area is 123 Å². The van der Waals surface area contributed by atoms with Crippen LogP contribution in [-0.4, -0.2) is 12.3 Å². The van der Waals surface area contributed by atoms with Crippen LogP contribution in [0.3, 0.4) is 0 Å². The predicted octanol–water partition coefficient (Wildman–Crippen LogP) is 5.21. The van der Waals surface area contributed by atoms with E-state index in [0.717, 1.165) is 17.7 Å². The molecule has 1 aromatic carbocycles. The minimum absolute atomic E-state index is 0.255. The molecule has 0 atom stereocenters. The first-order valence-electron chi connectivity index (χ1n) is 6.99. The van der Waals surface area contributed by atoms with Crippen molar-refractivity contribution in [2.24, 2.45) is 10.4 Å². The molecule has 0 heterocycles. The molecule has 0 unspecified atom stereocenters. The van der Waals surface area contributed by atoms with Gasteiger partial charge in [-0.25, -0.2) is 0 Å². The molecule has 20 heavy (non-hydrogen) atoms. The van der Waals surface area contributed by atoms with Crippen molar-refractivity contribution in [3.63, 3.8) is 0 Å². The third-order valence-corrected chi connectivity index (χ3v) is 2.83. The summed E-state index contributed by atoms with van der Waals surface area (Å²) in [7, 11) is 0. The molecule has 0 aliphatic rings. The van der Waals surface area contributed by atoms with Gasteiger partial charge in [-0.2, -0.15) is 0 Å². The molecule has 106 valence electrons. The van der Waals surface area contributed by atoms with E-state index in [1.54, 1.807) is 0 Å². The zero-order chi connectivity index (χ0) is 15.0. The third-order valence-electron chi connectivity index (χ3n) is 2.83. The lowest BCUT2D eigenvalue weighted by molar-refractivity contribution is 0.407. The molecule has 1 nitrogen and oxygen atoms in total. The Morgan fingerprint density at radius 2 is 1.80 bits per heavy atom. The molecule has 0 aromatic heterocycles. The molecule has 1 heteroatoms. The minimum atomic E-state index is 0.255. The molecule has 0 N–H and O–H groups in total. The normalized spacial score (nSPS) is 13.2. The first kappa shape index (κ1) is 16.2. The van der Waals surface area contributed by atoms with Crippen LogP contribution in [0.25, 0.3) is 0 Å². The average molecular weight is 267 g/mol. The van der Waals surface area contributed by atoms with Crippen molar-refractivity contribution < 1.29 is 0 Å². The van der Waals surface area contributed by atoms with E-state index in [1.807, 2.05) is 30.4 Å². The van der Waals surface area contributed by atoms with Gasteiger partial charge < -0.3 is 0 Å². The summed E-state index contributed by atoms with van der Waals surface area (Å²) in [5.74, 6) is 0. The molecular formula is C19H25N. The Kier molecular flexibility index (Phi) is 6.17. The van der Waals surface area contributed by atoms with E-state index in [0.29, 0.717) is 6.54 Å². The molecule has 1 rings (SSSR count). The fraction of sp³-hybridized carbons (Fsp3) is 0.316. The highest BCUT2D eigenvalue weighted by Crippen LogP contribution is 2.24. The number of rotatable bonds is 6. The summed E-state index contributed by atoms with van der Waals surface area (Å²) in [5.41, 5.74) is 3.60. The predicted molar refractivity (Wildman–Crippen MR) is 90.4 cm³/mol. The van der Waals surface area contributed by atoms with E-state index < -0.39 is 0 Å². The van der Waals surface area contributed by atoms with Gasteiger partial charge in [-0.05, 0) is 29.0 Å². The standard InChI is InChI=1S/C19H25N/c1-6-11-16(14-19(3,4)5)15-20-18(7-2)17-12-9-8-10-13-17/h6-13H,1-2,14-15H2,3-5H3/b16-11-,20-18+. The molecular weight excluding hydrogens is 242 g/mol. The van der Waals surface area contributed by atoms with E-state index in [2.05, 4.69) is 52.1 Å². The number of nitrogens with zero attached hydrogens (tertiary/aromatic N) is 1. The van der Waals surface area contributed by atoms with E-state index in [-0.39, 0.29) is 5.41 Å². The van der Waals surface area contributed by atoms with Crippen molar-refractivity contribution in [3.8, 4) is 0 Å². The van der Waals surface area contributed by atoms with Crippen LogP contribution in [0.2, 0.25) is 0 Å². The van der Waals surface area contributed by atoms with Crippen LogP contribution in [-0.2, 0) is 0 Å². The SMILES string of the molecule is C=C/C=C(\C/N=C(\C=C)c1ccccc1)CC(C)(C)C. The van der Waals surface area contributed by atoms with Crippen LogP contribution in [0.1, 0.15) is 32.8 Å². The summed E-state index contributed by atoms with van der Waals surface area (Å²) in [5, 5.41) is 0. The molecule has 0 amide bonds. The molecule has 0 saturated heterocycles. The van der Waals surface area contributed by atoms with Crippen molar-refractivity contribution in [2.75, 3.05) is 6.54 Å². The van der Waals surface area contributed by atoms with Crippen LogP contribution in [0.4, 0.5) is 0 Å². The summed E-state index contributed by atoms with van der Waals surface area (Å²) in [6.07, 6.45) is 6.74. The summed E-state index contributed by atoms with van der Waals surface area (Å²) < 4.78 is 0. The second-order valence-corrected chi connectivity index (χ2v) is 6.07. The van der Waals surface area contributed by atoms with Crippen molar-refractivity contribution in [1.82, 2.24) is 0 Å². The van der Waals surface area contributed by atoms with Crippen LogP contribution in [0.5, 0.6) is 0 Å². The Balaban J connectivity index is 2.88. The van der Waals surface area contributed by atoms with Gasteiger partial charge in [-0.3, -0.25) is 4.99 Å². The van der Waals surface area contributed by atoms with Gasteiger partial charge in [0.2, 0.25) is 0 Å². The van der Waals surface area contributed by atoms with Gasteiger partial charge in [-0.1, -0.05) is 76.4 Å². The van der Waals surface area contributed by atoms with Gasteiger partial charge in [0, 0.05) is 0 Å². The zero-order valence-electron chi connectivity index (χ0n) is 12.9. The van der Waals surface area contributed by atoms with Crippen LogP contribution < -0.4 is 0 Å². The van der Waals surface area contributed by atoms with E-state index in [9.17, 15) is 0 Å². The van der Waals surface area contributed by atoms with Crippen molar-refractivity contribution in [2.45, 2.75) is 27.2 Å². The Morgan fingerprint density at radius 3 is 2.30 bits per heavy atom. The number of benzene rings is 1. The fourth-order valence-corrected chi connectivity index (χ4v) is 2.08. The molecule has 1 aromatic rings. The molecule has 0 spiro atoms. The van der Waals surface area contributed by atoms with Crippen LogP contribution in [0, 0.1) is 5.41 Å². The average Bonchev–Trinajstić information content (AvgIpc) is 2.39. The highest BCUT2D eigenvalue weighted by Gasteiger charge is 2.12. The second-order valence-electron chi connectivity index (χ2n) is 6.07. The molecule has 0 aliphatic heterocycles. The summed E-state index contributed by atoms with van der Waals surface area (Å²) in [6, 6.07) is 10.2. The Morgan fingerprint density at radius 1 is 1.15 bits per heavy atom. The molecule has 0 bridgehead atoms. The van der Waals surface area contributed by atoms with E-state index in [1.165, 1.54) is 5.57 Å². The Hall–Kier alpha value is -1.89. The topological polar surface area (TPSA) is 12.4 Å². The summed E-state index contributed by atoms with van der Waals surface area (Å²) in [6.45, 7) is 15.1. The first-order valence-corrected chi connectivity index (χ1v) is 6.99. The van der Waals surface area contributed by atoms with Crippen molar-refractivity contribution in [3.05, 3.63) is 72.9 Å². The van der Waals surface area contributed by atoms with Gasteiger partial charge in [0.25, 0.3) is 0 Å². The second kappa shape index (κ2) is 7.64. The van der Waals surface area contributed by atoms with E-state index >= 15 is 0 Å². The molecule has 0 radical (unpaired) electrons. The highest BCUT2D eigenvalue weighted by molar-refractivity contribution is 6.08. The van der Waals surface area contributed by atoms with Gasteiger partial charge in [-0.15, -0.1) is 0 Å². The monoisotopic (exact) mass is 267 g/mol. The zero-order valence-corrected chi connectivity index (χ0v) is 12.9. The maximum atomic E-state index is 4.70. The fourth-order valence-electron chi connectivity index (χ4n) is 2.08. The number of hydrogen-bond acceptors (Lipinski definition) is 1.